The second-order valence-corrected chi connectivity index (χ2v) is 18.9. The maximum atomic E-state index is 12.3. The lowest BCUT2D eigenvalue weighted by atomic mass is 9.91. The molecule has 0 radical (unpaired) electrons. The molecule has 7 aliphatic carbocycles. The van der Waals surface area contributed by atoms with E-state index in [1.54, 1.807) is 27.7 Å². The van der Waals surface area contributed by atoms with E-state index in [0.717, 1.165) is 24.2 Å². The molecule has 0 amide bonds. The van der Waals surface area contributed by atoms with Crippen molar-refractivity contribution in [1.82, 2.24) is 10.6 Å². The number of ether oxygens (including phenoxy) is 2. The molecule has 0 aliphatic heterocycles. The highest BCUT2D eigenvalue weighted by Gasteiger charge is 2.64. The van der Waals surface area contributed by atoms with Gasteiger partial charge in [0.05, 0.1) is 30.0 Å². The summed E-state index contributed by atoms with van der Waals surface area (Å²) in [5.41, 5.74) is -1.97. The minimum absolute atomic E-state index is 0.135. The zero-order valence-corrected chi connectivity index (χ0v) is 41.6. The summed E-state index contributed by atoms with van der Waals surface area (Å²) in [6.45, 7) is 7.26. The van der Waals surface area contributed by atoms with Crippen molar-refractivity contribution in [3.8, 4) is 0 Å². The Balaban J connectivity index is 0.000000815. The fourth-order valence-corrected chi connectivity index (χ4v) is 9.95. The summed E-state index contributed by atoms with van der Waals surface area (Å²) in [7, 11) is 0. The molecule has 7 fully saturated rings. The first-order chi connectivity index (χ1) is 33.4. The summed E-state index contributed by atoms with van der Waals surface area (Å²) >= 11 is 0. The van der Waals surface area contributed by atoms with Crippen molar-refractivity contribution in [1.29, 1.82) is 0 Å². The number of carboxylic acid groups (broad SMARTS) is 1. The van der Waals surface area contributed by atoms with Crippen LogP contribution >= 0.6 is 0 Å². The minimum Gasteiger partial charge on any atom is -0.481 e. The Kier molecular flexibility index (Phi) is 35.6. The van der Waals surface area contributed by atoms with E-state index in [0.29, 0.717) is 12.8 Å². The van der Waals surface area contributed by atoms with Crippen LogP contribution < -0.4 is 10.6 Å². The van der Waals surface area contributed by atoms with Gasteiger partial charge in [0.2, 0.25) is 19.3 Å². The summed E-state index contributed by atoms with van der Waals surface area (Å²) in [6.07, 6.45) is 24.1. The standard InChI is InChI=1S/2C12H23N.C9H14F2O2.2C7H10F2O2.3CO2/c2*1-3-7-11(8-4-1)13-12-9-5-2-6-10-12;1-3-9(8(12)13-4-2)5-6(9)7(10)11;1-2-7(6(10)11)3-4(7)5(8)9;1-2-11-7(10)5-3-4(5)6(8)9;3*2-1-3/h2*11-13H,1-10H2;6-7H,3-5H2,1-2H3;4-5H,2-3H2,1H3,(H,10,11);4-6H,2-3H2,1H3;;;/t;;;4-,7-;4-,5+;;;/m...01.../s1. The lowest BCUT2D eigenvalue weighted by Crippen LogP contribution is -2.40. The van der Waals surface area contributed by atoms with Crippen LogP contribution in [0.5, 0.6) is 0 Å². The Bertz CT molecular complexity index is 1440. The average Bonchev–Trinajstić information content (AvgIpc) is 4.25. The fourth-order valence-electron chi connectivity index (χ4n) is 9.95. The van der Waals surface area contributed by atoms with Gasteiger partial charge >= 0.3 is 36.4 Å². The number of nitrogens with one attached hydrogen (secondary N) is 2. The summed E-state index contributed by atoms with van der Waals surface area (Å²) in [4.78, 5) is 81.3. The van der Waals surface area contributed by atoms with Gasteiger partial charge in [-0.25, -0.2) is 26.3 Å². The number of carboxylic acids is 1. The quantitative estimate of drug-likeness (QED) is 0.109. The molecule has 0 spiro atoms. The molecule has 70 heavy (non-hydrogen) atoms. The molecule has 20 heteroatoms. The first-order valence-corrected chi connectivity index (χ1v) is 25.4. The molecular weight excluding hydrogens is 935 g/mol. The molecule has 3 N–H and O–H groups in total. The first kappa shape index (κ1) is 66.0. The number of halogens is 6. The van der Waals surface area contributed by atoms with E-state index >= 15 is 0 Å². The predicted octanol–water partition coefficient (Wildman–Crippen LogP) is 10.2. The largest absolute Gasteiger partial charge is 0.481 e. The Morgan fingerprint density at radius 3 is 1.01 bits per heavy atom. The molecule has 7 rings (SSSR count). The SMILES string of the molecule is C1CCC(NC2CCCCC2)CC1.C1CCC(NC2CCCCC2)CC1.CCOC(=O)C1(CC)CC1C(F)F.CCOC(=O)[C@H]1C[C@H]1C(F)F.CC[C@]1(C(=O)O)C[C@H]1C(F)F.O=C=O.O=C=O.O=C=O. The highest BCUT2D eigenvalue weighted by Crippen LogP contribution is 2.59. The normalized spacial score (nSPS) is 26.7. The summed E-state index contributed by atoms with van der Waals surface area (Å²) in [6, 6.07) is 3.49. The van der Waals surface area contributed by atoms with E-state index < -0.39 is 71.7 Å². The molecule has 0 aromatic rings. The Morgan fingerprint density at radius 2 is 0.814 bits per heavy atom. The molecule has 14 nitrogen and oxygen atoms in total. The lowest BCUT2D eigenvalue weighted by molar-refractivity contribution is -0.193. The second kappa shape index (κ2) is 37.8. The monoisotopic (exact) mass is 1010 g/mol. The van der Waals surface area contributed by atoms with Gasteiger partial charge in [0.1, 0.15) is 0 Å². The number of carbonyl (C=O) groups is 3. The zero-order chi connectivity index (χ0) is 53.1. The van der Waals surface area contributed by atoms with Crippen molar-refractivity contribution in [2.75, 3.05) is 13.2 Å². The topological polar surface area (TPSA) is 216 Å². The van der Waals surface area contributed by atoms with E-state index in [-0.39, 0.29) is 50.9 Å². The number of hydrogen-bond donors (Lipinski definition) is 3. The van der Waals surface area contributed by atoms with Crippen molar-refractivity contribution in [3.05, 3.63) is 0 Å². The van der Waals surface area contributed by atoms with Crippen molar-refractivity contribution >= 4 is 36.4 Å². The smallest absolute Gasteiger partial charge is 0.373 e. The Labute approximate surface area is 409 Å². The van der Waals surface area contributed by atoms with Crippen LogP contribution in [0, 0.1) is 34.5 Å². The van der Waals surface area contributed by atoms with Gasteiger partial charge in [-0.1, -0.05) is 90.9 Å². The van der Waals surface area contributed by atoms with E-state index in [4.69, 9.17) is 38.6 Å². The van der Waals surface area contributed by atoms with Gasteiger partial charge in [-0.05, 0) is 97.3 Å². The van der Waals surface area contributed by atoms with Gasteiger partial charge in [0, 0.05) is 41.9 Å². The van der Waals surface area contributed by atoms with Crippen LogP contribution in [0.2, 0.25) is 0 Å². The Hall–Kier alpha value is -3.95. The summed E-state index contributed by atoms with van der Waals surface area (Å²) in [5, 5.41) is 16.3. The second-order valence-electron chi connectivity index (χ2n) is 18.9. The first-order valence-electron chi connectivity index (χ1n) is 25.4. The number of rotatable bonds is 14. The van der Waals surface area contributed by atoms with Crippen LogP contribution in [-0.2, 0) is 52.6 Å². The van der Waals surface area contributed by atoms with Crippen molar-refractivity contribution in [2.45, 2.75) is 232 Å². The number of alkyl halides is 6. The molecule has 0 heterocycles. The van der Waals surface area contributed by atoms with Crippen LogP contribution in [0.25, 0.3) is 0 Å². The molecular formula is C50H80F6N2O12. The molecule has 404 valence electrons. The maximum absolute atomic E-state index is 12.3. The molecule has 7 saturated carbocycles. The number of hydrogen-bond acceptors (Lipinski definition) is 13. The van der Waals surface area contributed by atoms with Gasteiger partial charge in [-0.15, -0.1) is 0 Å². The molecule has 6 atom stereocenters. The van der Waals surface area contributed by atoms with E-state index in [2.05, 4.69) is 15.4 Å². The van der Waals surface area contributed by atoms with Gasteiger partial charge in [0.25, 0.3) is 0 Å². The third kappa shape index (κ3) is 25.4. The molecule has 2 unspecified atom stereocenters. The fraction of sp³-hybridized carbons (Fsp3) is 0.880. The molecule has 0 aromatic carbocycles. The van der Waals surface area contributed by atoms with Crippen molar-refractivity contribution < 1.29 is 84.1 Å². The van der Waals surface area contributed by atoms with Crippen LogP contribution in [0.1, 0.15) is 188 Å². The number of carbonyl (C=O) groups excluding carboxylic acids is 8. The van der Waals surface area contributed by atoms with Gasteiger partial charge < -0.3 is 25.2 Å². The number of aliphatic carboxylic acids is 1. The molecule has 0 bridgehead atoms. The van der Waals surface area contributed by atoms with Gasteiger partial charge in [0.15, 0.2) is 0 Å². The summed E-state index contributed by atoms with van der Waals surface area (Å²) < 4.78 is 81.7. The highest BCUT2D eigenvalue weighted by molar-refractivity contribution is 5.80. The van der Waals surface area contributed by atoms with Crippen LogP contribution in [0.15, 0.2) is 0 Å². The Morgan fingerprint density at radius 1 is 0.514 bits per heavy atom. The highest BCUT2D eigenvalue weighted by atomic mass is 19.3. The number of esters is 2. The van der Waals surface area contributed by atoms with E-state index in [1.807, 2.05) is 0 Å². The summed E-state index contributed by atoms with van der Waals surface area (Å²) in [5.74, 6) is -4.98. The lowest BCUT2D eigenvalue weighted by Gasteiger charge is -2.30. The van der Waals surface area contributed by atoms with Gasteiger partial charge in [-0.2, -0.15) is 28.8 Å². The van der Waals surface area contributed by atoms with Crippen molar-refractivity contribution in [2.24, 2.45) is 34.5 Å². The predicted molar refractivity (Wildman–Crippen MR) is 241 cm³/mol. The van der Waals surface area contributed by atoms with Crippen LogP contribution in [-0.4, -0.2) is 98.1 Å². The zero-order valence-electron chi connectivity index (χ0n) is 41.6. The van der Waals surface area contributed by atoms with Gasteiger partial charge in [-0.3, -0.25) is 14.4 Å². The molecule has 0 saturated heterocycles. The van der Waals surface area contributed by atoms with Crippen LogP contribution in [0.3, 0.4) is 0 Å². The average molecular weight is 1020 g/mol. The van der Waals surface area contributed by atoms with E-state index in [1.165, 1.54) is 128 Å². The third-order valence-electron chi connectivity index (χ3n) is 14.4. The maximum Gasteiger partial charge on any atom is 0.373 e. The van der Waals surface area contributed by atoms with Crippen molar-refractivity contribution in [3.63, 3.8) is 0 Å². The third-order valence-corrected chi connectivity index (χ3v) is 14.4. The van der Waals surface area contributed by atoms with E-state index in [9.17, 15) is 40.7 Å². The van der Waals surface area contributed by atoms with Crippen LogP contribution in [0.4, 0.5) is 26.3 Å². The molecule has 7 aliphatic rings. The molecule has 0 aromatic heterocycles. The minimum atomic E-state index is -2.48.